The smallest absolute Gasteiger partial charge is 0.253 e. The van der Waals surface area contributed by atoms with Crippen molar-refractivity contribution >= 4 is 28.5 Å². The van der Waals surface area contributed by atoms with Crippen LogP contribution < -0.4 is 10.9 Å². The number of halogens is 1. The third kappa shape index (κ3) is 3.80. The van der Waals surface area contributed by atoms with Crippen LogP contribution in [0.1, 0.15) is 31.4 Å². The van der Waals surface area contributed by atoms with Crippen LogP contribution in [0.15, 0.2) is 53.8 Å². The number of nitrogens with zero attached hydrogens (tertiary/aromatic N) is 4. The van der Waals surface area contributed by atoms with E-state index in [-0.39, 0.29) is 11.6 Å². The van der Waals surface area contributed by atoms with Crippen molar-refractivity contribution in [3.63, 3.8) is 0 Å². The van der Waals surface area contributed by atoms with E-state index in [0.29, 0.717) is 16.5 Å². The number of benzene rings is 1. The molecule has 30 heavy (non-hydrogen) atoms. The van der Waals surface area contributed by atoms with Gasteiger partial charge < -0.3 is 14.9 Å². The maximum absolute atomic E-state index is 12.6. The minimum atomic E-state index is -0.288. The third-order valence-corrected chi connectivity index (χ3v) is 5.66. The zero-order valence-corrected chi connectivity index (χ0v) is 17.2. The summed E-state index contributed by atoms with van der Waals surface area (Å²) < 4.78 is 2.14. The van der Waals surface area contributed by atoms with Crippen LogP contribution in [0.25, 0.3) is 22.3 Å². The minimum absolute atomic E-state index is 0.150. The van der Waals surface area contributed by atoms with Gasteiger partial charge in [-0.2, -0.15) is 0 Å². The highest BCUT2D eigenvalue weighted by Gasteiger charge is 2.23. The highest BCUT2D eigenvalue weighted by atomic mass is 35.5. The molecule has 1 aliphatic carbocycles. The lowest BCUT2D eigenvalue weighted by Gasteiger charge is -2.15. The molecule has 0 aliphatic heterocycles. The molecule has 0 radical (unpaired) electrons. The van der Waals surface area contributed by atoms with E-state index >= 15 is 0 Å². The molecule has 152 valence electrons. The second kappa shape index (κ2) is 7.57. The lowest BCUT2D eigenvalue weighted by molar-refractivity contribution is 0.630. The van der Waals surface area contributed by atoms with Crippen molar-refractivity contribution in [2.24, 2.45) is 5.92 Å². The quantitative estimate of drug-likeness (QED) is 0.482. The van der Waals surface area contributed by atoms with Crippen LogP contribution in [0.5, 0.6) is 0 Å². The molecule has 0 bridgehead atoms. The first-order chi connectivity index (χ1) is 14.6. The van der Waals surface area contributed by atoms with E-state index in [9.17, 15) is 4.79 Å². The lowest BCUT2D eigenvalue weighted by atomic mass is 10.1. The summed E-state index contributed by atoms with van der Waals surface area (Å²) in [7, 11) is 0. The van der Waals surface area contributed by atoms with Crippen LogP contribution in [-0.2, 0) is 6.54 Å². The van der Waals surface area contributed by atoms with Crippen LogP contribution in [0.2, 0.25) is 5.02 Å². The summed E-state index contributed by atoms with van der Waals surface area (Å²) >= 11 is 6.10. The zero-order valence-electron chi connectivity index (χ0n) is 16.5. The Hall–Kier alpha value is -3.19. The fourth-order valence-corrected chi connectivity index (χ4v) is 3.80. The van der Waals surface area contributed by atoms with Crippen LogP contribution >= 0.6 is 11.6 Å². The Kier molecular flexibility index (Phi) is 4.75. The number of hydrogen-bond acceptors (Lipinski definition) is 5. The zero-order chi connectivity index (χ0) is 20.7. The fraction of sp³-hybridized carbons (Fsp3) is 0.273. The first kappa shape index (κ1) is 18.8. The van der Waals surface area contributed by atoms with Crippen molar-refractivity contribution in [2.45, 2.75) is 32.4 Å². The minimum Gasteiger partial charge on any atom is -0.347 e. The molecule has 1 unspecified atom stereocenters. The molecule has 0 saturated heterocycles. The predicted molar refractivity (Wildman–Crippen MR) is 118 cm³/mol. The van der Waals surface area contributed by atoms with Gasteiger partial charge in [-0.15, -0.1) is 0 Å². The average Bonchev–Trinajstić information content (AvgIpc) is 3.42. The standard InChI is InChI=1S/C22H21ClN6O/c1-13(17-9-15-8-16(23)4-5-18(15)27-21(17)30)26-22-25-7-6-19(28-22)20-10-24-12-29(20)11-14-2-3-14/h4-10,12-14H,2-3,11H2,1H3,(H,27,30)(H,25,26,28). The molecule has 1 fully saturated rings. The SMILES string of the molecule is CC(Nc1nccc(-c2cncn2CC2CC2)n1)c1cc2cc(Cl)ccc2[nH]c1=O. The van der Waals surface area contributed by atoms with E-state index in [0.717, 1.165) is 34.8 Å². The summed E-state index contributed by atoms with van der Waals surface area (Å²) in [4.78, 5) is 28.8. The van der Waals surface area contributed by atoms with Crippen LogP contribution in [0.4, 0.5) is 5.95 Å². The number of hydrogen-bond donors (Lipinski definition) is 2. The van der Waals surface area contributed by atoms with E-state index in [1.54, 1.807) is 18.3 Å². The molecule has 3 heterocycles. The van der Waals surface area contributed by atoms with Crippen LogP contribution in [0, 0.1) is 5.92 Å². The molecule has 3 aromatic heterocycles. The molecule has 4 aromatic rings. The molecule has 1 atom stereocenters. The summed E-state index contributed by atoms with van der Waals surface area (Å²) in [5.41, 5.74) is 2.97. The molecule has 0 spiro atoms. The number of pyridine rings is 1. The van der Waals surface area contributed by atoms with Gasteiger partial charge in [-0.3, -0.25) is 4.79 Å². The molecule has 7 nitrogen and oxygen atoms in total. The Morgan fingerprint density at radius 3 is 3.00 bits per heavy atom. The van der Waals surface area contributed by atoms with Gasteiger partial charge in [-0.25, -0.2) is 15.0 Å². The van der Waals surface area contributed by atoms with Gasteiger partial charge in [0.15, 0.2) is 0 Å². The number of imidazole rings is 1. The molecule has 8 heteroatoms. The number of rotatable bonds is 6. The van der Waals surface area contributed by atoms with Crippen molar-refractivity contribution in [1.82, 2.24) is 24.5 Å². The van der Waals surface area contributed by atoms with Crippen molar-refractivity contribution < 1.29 is 0 Å². The molecule has 2 N–H and O–H groups in total. The van der Waals surface area contributed by atoms with Crippen LogP contribution in [0.3, 0.4) is 0 Å². The van der Waals surface area contributed by atoms with E-state index in [2.05, 4.69) is 29.8 Å². The number of H-pyrrole nitrogens is 1. The summed E-state index contributed by atoms with van der Waals surface area (Å²) in [6.07, 6.45) is 7.95. The fourth-order valence-electron chi connectivity index (χ4n) is 3.62. The highest BCUT2D eigenvalue weighted by molar-refractivity contribution is 6.31. The van der Waals surface area contributed by atoms with E-state index < -0.39 is 0 Å². The average molecular weight is 421 g/mol. The molecule has 1 aromatic carbocycles. The van der Waals surface area contributed by atoms with Gasteiger partial charge >= 0.3 is 0 Å². The largest absolute Gasteiger partial charge is 0.347 e. The van der Waals surface area contributed by atoms with E-state index in [1.807, 2.05) is 37.6 Å². The van der Waals surface area contributed by atoms with Gasteiger partial charge in [0, 0.05) is 34.2 Å². The number of fused-ring (bicyclic) bond motifs is 1. The van der Waals surface area contributed by atoms with Gasteiger partial charge in [-0.1, -0.05) is 11.6 Å². The van der Waals surface area contributed by atoms with Crippen molar-refractivity contribution in [1.29, 1.82) is 0 Å². The second-order valence-corrected chi connectivity index (χ2v) is 8.23. The predicted octanol–water partition coefficient (Wildman–Crippen LogP) is 4.42. The highest BCUT2D eigenvalue weighted by Crippen LogP contribution is 2.32. The van der Waals surface area contributed by atoms with E-state index in [4.69, 9.17) is 11.6 Å². The monoisotopic (exact) mass is 420 g/mol. The van der Waals surface area contributed by atoms with Gasteiger partial charge in [0.25, 0.3) is 5.56 Å². The normalized spacial score (nSPS) is 14.7. The van der Waals surface area contributed by atoms with Crippen molar-refractivity contribution in [2.75, 3.05) is 5.32 Å². The Balaban J connectivity index is 1.42. The van der Waals surface area contributed by atoms with E-state index in [1.165, 1.54) is 12.8 Å². The number of nitrogens with one attached hydrogen (secondary N) is 2. The summed E-state index contributed by atoms with van der Waals surface area (Å²) in [5, 5.41) is 4.75. The second-order valence-electron chi connectivity index (χ2n) is 7.79. The number of aromatic amines is 1. The maximum atomic E-state index is 12.6. The van der Waals surface area contributed by atoms with Gasteiger partial charge in [-0.05, 0) is 56.0 Å². The first-order valence-corrected chi connectivity index (χ1v) is 10.4. The molecule has 0 amide bonds. The Morgan fingerprint density at radius 2 is 2.17 bits per heavy atom. The third-order valence-electron chi connectivity index (χ3n) is 5.43. The summed E-state index contributed by atoms with van der Waals surface area (Å²) in [6, 6.07) is 8.84. The Bertz CT molecular complexity index is 1280. The summed E-state index contributed by atoms with van der Waals surface area (Å²) in [5.74, 6) is 1.20. The van der Waals surface area contributed by atoms with Gasteiger partial charge in [0.1, 0.15) is 0 Å². The molecule has 1 saturated carbocycles. The summed E-state index contributed by atoms with van der Waals surface area (Å²) in [6.45, 7) is 2.88. The molecular weight excluding hydrogens is 400 g/mol. The maximum Gasteiger partial charge on any atom is 0.253 e. The topological polar surface area (TPSA) is 88.5 Å². The van der Waals surface area contributed by atoms with Crippen molar-refractivity contribution in [3.05, 3.63) is 70.0 Å². The molecular formula is C22H21ClN6O. The van der Waals surface area contributed by atoms with Gasteiger partial charge in [0.2, 0.25) is 5.95 Å². The lowest BCUT2D eigenvalue weighted by Crippen LogP contribution is -2.20. The van der Waals surface area contributed by atoms with Gasteiger partial charge in [0.05, 0.1) is 30.0 Å². The first-order valence-electron chi connectivity index (χ1n) is 9.99. The molecule has 5 rings (SSSR count). The Morgan fingerprint density at radius 1 is 1.30 bits per heavy atom. The van der Waals surface area contributed by atoms with Crippen LogP contribution in [-0.4, -0.2) is 24.5 Å². The Labute approximate surface area is 178 Å². The van der Waals surface area contributed by atoms with Crippen molar-refractivity contribution in [3.8, 4) is 11.4 Å². The number of anilines is 1. The number of aromatic nitrogens is 5. The molecule has 1 aliphatic rings.